The van der Waals surface area contributed by atoms with Crippen LogP contribution in [0.4, 0.5) is 0 Å². The number of amides is 1. The molecule has 0 spiro atoms. The lowest BCUT2D eigenvalue weighted by Gasteiger charge is -2.30. The molecule has 238 valence electrons. The molecule has 46 heavy (non-hydrogen) atoms. The highest BCUT2D eigenvalue weighted by Crippen LogP contribution is 2.38. The van der Waals surface area contributed by atoms with E-state index in [0.29, 0.717) is 62.1 Å². The van der Waals surface area contributed by atoms with E-state index >= 15 is 0 Å². The highest BCUT2D eigenvalue weighted by molar-refractivity contribution is 7.07. The van der Waals surface area contributed by atoms with Crippen LogP contribution in [-0.4, -0.2) is 53.8 Å². The van der Waals surface area contributed by atoms with E-state index < -0.39 is 12.0 Å². The predicted molar refractivity (Wildman–Crippen MR) is 175 cm³/mol. The van der Waals surface area contributed by atoms with Crippen LogP contribution in [0.15, 0.2) is 87.8 Å². The summed E-state index contributed by atoms with van der Waals surface area (Å²) in [6.45, 7) is 6.83. The van der Waals surface area contributed by atoms with Crippen molar-refractivity contribution in [3.63, 3.8) is 0 Å². The van der Waals surface area contributed by atoms with Gasteiger partial charge in [-0.3, -0.25) is 14.2 Å². The number of hydrogen-bond acceptors (Lipinski definition) is 8. The lowest BCUT2D eigenvalue weighted by atomic mass is 9.93. The van der Waals surface area contributed by atoms with Gasteiger partial charge in [-0.25, -0.2) is 9.79 Å². The minimum Gasteiger partial charge on any atom is -0.497 e. The number of fused-ring (bicyclic) bond motifs is 1. The van der Waals surface area contributed by atoms with E-state index in [1.54, 1.807) is 67.0 Å². The van der Waals surface area contributed by atoms with Gasteiger partial charge in [-0.05, 0) is 68.8 Å². The van der Waals surface area contributed by atoms with E-state index in [0.717, 1.165) is 5.56 Å². The fourth-order valence-electron chi connectivity index (χ4n) is 5.40. The van der Waals surface area contributed by atoms with Crippen LogP contribution < -0.4 is 29.1 Å². The highest BCUT2D eigenvalue weighted by atomic mass is 32.1. The van der Waals surface area contributed by atoms with Gasteiger partial charge in [0.25, 0.3) is 11.5 Å². The zero-order valence-corrected chi connectivity index (χ0v) is 27.1. The molecule has 3 aromatic carbocycles. The fourth-order valence-corrected chi connectivity index (χ4v) is 6.44. The molecule has 0 saturated carbocycles. The monoisotopic (exact) mass is 641 g/mol. The third-order valence-electron chi connectivity index (χ3n) is 7.84. The molecular formula is C35H35N3O7S. The van der Waals surface area contributed by atoms with E-state index in [9.17, 15) is 19.5 Å². The van der Waals surface area contributed by atoms with Crippen LogP contribution in [0.5, 0.6) is 17.2 Å². The van der Waals surface area contributed by atoms with Crippen molar-refractivity contribution in [1.82, 2.24) is 9.47 Å². The number of hydrogen-bond donors (Lipinski definition) is 1. The van der Waals surface area contributed by atoms with E-state index in [2.05, 4.69) is 0 Å². The number of carboxylic acids is 1. The maximum atomic E-state index is 14.3. The van der Waals surface area contributed by atoms with Crippen LogP contribution in [0.25, 0.3) is 6.08 Å². The molecule has 0 saturated heterocycles. The molecule has 10 nitrogen and oxygen atoms in total. The molecule has 0 radical (unpaired) electrons. The number of aromatic nitrogens is 1. The molecule has 0 unspecified atom stereocenters. The number of rotatable bonds is 11. The normalized spacial score (nSPS) is 14.4. The second-order valence-corrected chi connectivity index (χ2v) is 11.5. The van der Waals surface area contributed by atoms with Gasteiger partial charge in [0.2, 0.25) is 0 Å². The fraction of sp³-hybridized carbons (Fsp3) is 0.257. The molecule has 0 bridgehead atoms. The molecule has 1 aliphatic rings. The first-order valence-corrected chi connectivity index (χ1v) is 15.6. The minimum absolute atomic E-state index is 0.196. The molecule has 1 amide bonds. The number of thiazole rings is 1. The third-order valence-corrected chi connectivity index (χ3v) is 8.82. The third kappa shape index (κ3) is 6.32. The molecule has 0 fully saturated rings. The van der Waals surface area contributed by atoms with Crippen LogP contribution in [-0.2, 0) is 11.4 Å². The number of carbonyl (C=O) groups excluding carboxylic acids is 1. The van der Waals surface area contributed by atoms with Crippen molar-refractivity contribution in [2.45, 2.75) is 33.4 Å². The second kappa shape index (κ2) is 13.9. The van der Waals surface area contributed by atoms with Gasteiger partial charge in [-0.1, -0.05) is 41.7 Å². The Hall–Kier alpha value is -5.16. The van der Waals surface area contributed by atoms with E-state index in [1.165, 1.54) is 23.5 Å². The molecule has 2 heterocycles. The van der Waals surface area contributed by atoms with Crippen molar-refractivity contribution in [3.8, 4) is 17.2 Å². The van der Waals surface area contributed by atoms with Gasteiger partial charge in [-0.15, -0.1) is 0 Å². The number of carboxylic acid groups (broad SMARTS) is 1. The molecular weight excluding hydrogens is 606 g/mol. The summed E-state index contributed by atoms with van der Waals surface area (Å²) >= 11 is 1.23. The molecule has 1 aliphatic heterocycles. The second-order valence-electron chi connectivity index (χ2n) is 10.5. The molecule has 0 aliphatic carbocycles. The van der Waals surface area contributed by atoms with Gasteiger partial charge in [0.05, 0.1) is 35.6 Å². The van der Waals surface area contributed by atoms with Crippen LogP contribution in [0.2, 0.25) is 0 Å². The average molecular weight is 642 g/mol. The van der Waals surface area contributed by atoms with Gasteiger partial charge in [0, 0.05) is 24.2 Å². The Bertz CT molecular complexity index is 1990. The van der Waals surface area contributed by atoms with E-state index in [-0.39, 0.29) is 23.6 Å². The smallest absolute Gasteiger partial charge is 0.335 e. The summed E-state index contributed by atoms with van der Waals surface area (Å²) in [7, 11) is 3.11. The molecule has 1 N–H and O–H groups in total. The van der Waals surface area contributed by atoms with Gasteiger partial charge in [0.1, 0.15) is 29.9 Å². The number of para-hydroxylation sites is 1. The Morgan fingerprint density at radius 1 is 1.00 bits per heavy atom. The van der Waals surface area contributed by atoms with Crippen molar-refractivity contribution >= 4 is 29.3 Å². The van der Waals surface area contributed by atoms with Crippen LogP contribution >= 0.6 is 11.3 Å². The first kappa shape index (κ1) is 32.2. The average Bonchev–Trinajstić information content (AvgIpc) is 3.37. The van der Waals surface area contributed by atoms with E-state index in [1.807, 2.05) is 38.1 Å². The number of nitrogens with zero attached hydrogens (tertiary/aromatic N) is 3. The summed E-state index contributed by atoms with van der Waals surface area (Å²) in [5.74, 6) is 0.424. The van der Waals surface area contributed by atoms with Crippen molar-refractivity contribution in [3.05, 3.63) is 120 Å². The molecule has 11 heteroatoms. The largest absolute Gasteiger partial charge is 0.497 e. The number of allylic oxidation sites excluding steroid dienone is 1. The van der Waals surface area contributed by atoms with Crippen molar-refractivity contribution in [1.29, 1.82) is 0 Å². The molecule has 1 atom stereocenters. The number of methoxy groups -OCH3 is 2. The Kier molecular flexibility index (Phi) is 9.72. The number of benzene rings is 3. The topological polar surface area (TPSA) is 120 Å². The van der Waals surface area contributed by atoms with Gasteiger partial charge >= 0.3 is 5.97 Å². The SMILES string of the molecule is CCN(CC)C(=O)C1=C(C)N=c2s/c(=C/c3ccccc3OCc3ccc(C(=O)O)cc3)c(=O)n2[C@@H]1c1cc(OC)ccc1OC. The first-order chi connectivity index (χ1) is 22.2. The lowest BCUT2D eigenvalue weighted by Crippen LogP contribution is -2.43. The Morgan fingerprint density at radius 3 is 2.37 bits per heavy atom. The summed E-state index contributed by atoms with van der Waals surface area (Å²) in [6.07, 6.45) is 1.76. The number of aromatic carboxylic acids is 1. The van der Waals surface area contributed by atoms with Crippen LogP contribution in [0, 0.1) is 0 Å². The van der Waals surface area contributed by atoms with E-state index in [4.69, 9.17) is 19.2 Å². The van der Waals surface area contributed by atoms with Crippen molar-refractivity contribution in [2.24, 2.45) is 4.99 Å². The number of carbonyl (C=O) groups is 2. The Balaban J connectivity index is 1.62. The Morgan fingerprint density at radius 2 is 1.72 bits per heavy atom. The maximum Gasteiger partial charge on any atom is 0.335 e. The summed E-state index contributed by atoms with van der Waals surface area (Å²) in [5, 5.41) is 9.18. The molecule has 1 aromatic heterocycles. The van der Waals surface area contributed by atoms with Crippen molar-refractivity contribution in [2.75, 3.05) is 27.3 Å². The number of likely N-dealkylation sites (N-methyl/N-ethyl adjacent to an activating group) is 1. The number of ether oxygens (including phenoxy) is 3. The van der Waals surface area contributed by atoms with Crippen LogP contribution in [0.1, 0.15) is 53.9 Å². The van der Waals surface area contributed by atoms with Gasteiger partial charge in [0.15, 0.2) is 4.80 Å². The zero-order chi connectivity index (χ0) is 33.0. The summed E-state index contributed by atoms with van der Waals surface area (Å²) in [4.78, 5) is 46.4. The lowest BCUT2D eigenvalue weighted by molar-refractivity contribution is -0.127. The quantitative estimate of drug-likeness (QED) is 0.258. The van der Waals surface area contributed by atoms with Gasteiger partial charge < -0.3 is 24.2 Å². The first-order valence-electron chi connectivity index (χ1n) is 14.8. The molecule has 4 aromatic rings. The molecule has 5 rings (SSSR count). The summed E-state index contributed by atoms with van der Waals surface area (Å²) < 4.78 is 19.3. The van der Waals surface area contributed by atoms with Crippen molar-refractivity contribution < 1.29 is 28.9 Å². The van der Waals surface area contributed by atoms with Crippen LogP contribution in [0.3, 0.4) is 0 Å². The summed E-state index contributed by atoms with van der Waals surface area (Å²) in [6, 6.07) is 18.3. The standard InChI is InChI=1S/C35H35N3O7S/c1-6-37(7-2)33(40)30-21(3)36-35-38(31(30)26-19-25(43-4)16-17-28(26)44-5)32(39)29(46-35)18-24-10-8-9-11-27(24)45-20-22-12-14-23(15-13-22)34(41)42/h8-19,31H,6-7,20H2,1-5H3,(H,41,42)/b29-18+/t31-/m1/s1. The summed E-state index contributed by atoms with van der Waals surface area (Å²) in [5.41, 5.74) is 2.89. The zero-order valence-electron chi connectivity index (χ0n) is 26.3. The highest BCUT2D eigenvalue weighted by Gasteiger charge is 2.36. The Labute approximate surface area is 270 Å². The predicted octanol–water partition coefficient (Wildman–Crippen LogP) is 4.40. The van der Waals surface area contributed by atoms with Gasteiger partial charge in [-0.2, -0.15) is 0 Å². The maximum absolute atomic E-state index is 14.3. The minimum atomic E-state index is -0.994.